The molecule has 0 unspecified atom stereocenters. The summed E-state index contributed by atoms with van der Waals surface area (Å²) in [7, 11) is 0. The van der Waals surface area contributed by atoms with Gasteiger partial charge in [0.25, 0.3) is 5.69 Å². The number of aromatic amines is 1. The molecule has 5 rings (SSSR count). The molecule has 8 heteroatoms. The van der Waals surface area contributed by atoms with Crippen molar-refractivity contribution in [2.75, 3.05) is 0 Å². The van der Waals surface area contributed by atoms with E-state index in [1.54, 1.807) is 12.4 Å². The minimum absolute atomic E-state index is 0. The number of benzene rings is 3. The molecule has 0 spiro atoms. The number of nitrogens with one attached hydrogen (secondary N) is 1. The largest absolute Gasteiger partial charge is 1.00 e. The minimum atomic E-state index is -0.591. The molecular weight excluding hydrogens is 430 g/mol. The number of nitro groups is 1. The van der Waals surface area contributed by atoms with Crippen LogP contribution in [0.1, 0.15) is 11.1 Å². The summed E-state index contributed by atoms with van der Waals surface area (Å²) in [6.45, 7) is 4.12. The highest BCUT2D eigenvalue weighted by atomic mass is 35.5. The number of fused-ring (bicyclic) bond motifs is 4. The zero-order valence-electron chi connectivity index (χ0n) is 17.3. The van der Waals surface area contributed by atoms with Crippen LogP contribution in [0.3, 0.4) is 0 Å². The van der Waals surface area contributed by atoms with Crippen molar-refractivity contribution in [2.45, 2.75) is 13.8 Å². The highest BCUT2D eigenvalue weighted by Gasteiger charge is 2.20. The molecule has 0 fully saturated rings. The molecule has 0 atom stereocenters. The van der Waals surface area contributed by atoms with Crippen LogP contribution in [0.4, 0.5) is 10.5 Å². The third-order valence-electron chi connectivity index (χ3n) is 5.69. The number of pyridine rings is 1. The van der Waals surface area contributed by atoms with Gasteiger partial charge in [0, 0.05) is 41.5 Å². The summed E-state index contributed by atoms with van der Waals surface area (Å²) < 4.78 is 6.78. The number of carbonyl (C=O) groups excluding carboxylic acids is 1. The molecule has 2 aromatic heterocycles. The van der Waals surface area contributed by atoms with Gasteiger partial charge < -0.3 is 17.1 Å². The maximum atomic E-state index is 12.7. The van der Waals surface area contributed by atoms with Gasteiger partial charge in [0.1, 0.15) is 5.75 Å². The molecule has 32 heavy (non-hydrogen) atoms. The molecule has 7 nitrogen and oxygen atoms in total. The zero-order valence-corrected chi connectivity index (χ0v) is 18.0. The first-order valence-electron chi connectivity index (χ1n) is 9.75. The van der Waals surface area contributed by atoms with Gasteiger partial charge in [-0.25, -0.2) is 9.78 Å². The van der Waals surface area contributed by atoms with Crippen LogP contribution in [0.25, 0.3) is 32.6 Å². The second-order valence-corrected chi connectivity index (χ2v) is 7.47. The van der Waals surface area contributed by atoms with Crippen molar-refractivity contribution in [3.8, 4) is 5.75 Å². The van der Waals surface area contributed by atoms with Gasteiger partial charge in [-0.15, -0.1) is 0 Å². The number of aromatic nitrogens is 2. The average Bonchev–Trinajstić information content (AvgIpc) is 3.17. The van der Waals surface area contributed by atoms with Crippen LogP contribution < -0.4 is 22.1 Å². The Bertz CT molecular complexity index is 1520. The van der Waals surface area contributed by atoms with Gasteiger partial charge in [0.2, 0.25) is 11.0 Å². The second kappa shape index (κ2) is 7.94. The van der Waals surface area contributed by atoms with E-state index in [-0.39, 0.29) is 23.8 Å². The first-order chi connectivity index (χ1) is 14.9. The summed E-state index contributed by atoms with van der Waals surface area (Å²) in [5, 5.41) is 15.1. The molecule has 0 radical (unpaired) electrons. The number of nitrogens with zero attached hydrogens (tertiary/aromatic N) is 2. The number of hydrogen-bond donors (Lipinski definition) is 0. The molecule has 2 heterocycles. The SMILES string of the molecule is Cc1c2ccn(C(=O)Oc3ccc([N+](=O)[O-])cc3)cc2c(C)c2c1[nH+]c1ccccc12.[Cl-]. The fraction of sp³-hybridized carbons (Fsp3) is 0.0833. The van der Waals surface area contributed by atoms with Crippen molar-refractivity contribution >= 4 is 44.4 Å². The highest BCUT2D eigenvalue weighted by Crippen LogP contribution is 2.34. The number of H-pyrrole nitrogens is 1. The average molecular weight is 448 g/mol. The van der Waals surface area contributed by atoms with E-state index < -0.39 is 11.0 Å². The van der Waals surface area contributed by atoms with Crippen LogP contribution in [-0.2, 0) is 0 Å². The molecule has 0 aliphatic carbocycles. The van der Waals surface area contributed by atoms with E-state index in [0.717, 1.165) is 43.7 Å². The van der Waals surface area contributed by atoms with Gasteiger partial charge in [0.15, 0.2) is 0 Å². The van der Waals surface area contributed by atoms with Crippen LogP contribution in [0.15, 0.2) is 67.0 Å². The van der Waals surface area contributed by atoms with Crippen molar-refractivity contribution in [1.82, 2.24) is 4.57 Å². The number of ether oxygens (including phenoxy) is 1. The molecule has 3 aromatic carbocycles. The normalized spacial score (nSPS) is 10.9. The second-order valence-electron chi connectivity index (χ2n) is 7.47. The minimum Gasteiger partial charge on any atom is -1.00 e. The van der Waals surface area contributed by atoms with E-state index in [0.29, 0.717) is 0 Å². The number of para-hydroxylation sites is 1. The Kier molecular flexibility index (Phi) is 5.28. The van der Waals surface area contributed by atoms with E-state index in [1.165, 1.54) is 28.8 Å². The van der Waals surface area contributed by atoms with Crippen molar-refractivity contribution in [3.05, 3.63) is 88.2 Å². The molecule has 0 amide bonds. The Labute approximate surface area is 188 Å². The predicted molar refractivity (Wildman–Crippen MR) is 117 cm³/mol. The molecule has 0 aliphatic rings. The van der Waals surface area contributed by atoms with Gasteiger partial charge in [-0.3, -0.25) is 14.7 Å². The lowest BCUT2D eigenvalue weighted by Gasteiger charge is -2.11. The van der Waals surface area contributed by atoms with Gasteiger partial charge in [-0.05, 0) is 49.1 Å². The Balaban J connectivity index is 0.00000245. The lowest BCUT2D eigenvalue weighted by molar-refractivity contribution is -0.384. The van der Waals surface area contributed by atoms with Gasteiger partial charge in [0.05, 0.1) is 15.7 Å². The topological polar surface area (TPSA) is 88.5 Å². The van der Waals surface area contributed by atoms with E-state index in [4.69, 9.17) is 4.74 Å². The Hall–Kier alpha value is -3.97. The molecule has 0 saturated heterocycles. The first kappa shape index (κ1) is 21.3. The number of aryl methyl sites for hydroxylation is 2. The van der Waals surface area contributed by atoms with Crippen LogP contribution in [-0.4, -0.2) is 15.6 Å². The maximum absolute atomic E-state index is 12.7. The summed E-state index contributed by atoms with van der Waals surface area (Å²) in [6.07, 6.45) is 2.84. The number of carbonyl (C=O) groups is 1. The third-order valence-corrected chi connectivity index (χ3v) is 5.69. The summed E-state index contributed by atoms with van der Waals surface area (Å²) in [4.78, 5) is 26.5. The number of rotatable bonds is 2. The molecule has 0 bridgehead atoms. The van der Waals surface area contributed by atoms with Crippen LogP contribution in [0.5, 0.6) is 5.75 Å². The highest BCUT2D eigenvalue weighted by molar-refractivity contribution is 6.13. The van der Waals surface area contributed by atoms with Crippen molar-refractivity contribution in [3.63, 3.8) is 0 Å². The maximum Gasteiger partial charge on any atom is 0.423 e. The number of hydrogen-bond acceptors (Lipinski definition) is 4. The van der Waals surface area contributed by atoms with E-state index in [9.17, 15) is 14.9 Å². The number of non-ortho nitro benzene ring substituents is 1. The summed E-state index contributed by atoms with van der Waals surface area (Å²) in [5.74, 6) is 0.239. The Morgan fingerprint density at radius 3 is 2.41 bits per heavy atom. The van der Waals surface area contributed by atoms with E-state index in [2.05, 4.69) is 31.0 Å². The number of nitro benzene ring substituents is 1. The van der Waals surface area contributed by atoms with Crippen molar-refractivity contribution in [2.24, 2.45) is 0 Å². The van der Waals surface area contributed by atoms with Gasteiger partial charge >= 0.3 is 6.09 Å². The van der Waals surface area contributed by atoms with Crippen LogP contribution in [0, 0.1) is 24.0 Å². The third kappa shape index (κ3) is 3.33. The Morgan fingerprint density at radius 1 is 0.969 bits per heavy atom. The number of halogens is 1. The van der Waals surface area contributed by atoms with Gasteiger partial charge in [-0.1, -0.05) is 12.1 Å². The van der Waals surface area contributed by atoms with Crippen molar-refractivity contribution < 1.29 is 31.8 Å². The summed E-state index contributed by atoms with van der Waals surface area (Å²) in [6, 6.07) is 15.5. The first-order valence-corrected chi connectivity index (χ1v) is 9.75. The monoisotopic (exact) mass is 447 g/mol. The zero-order chi connectivity index (χ0) is 21.7. The van der Waals surface area contributed by atoms with Crippen LogP contribution in [0.2, 0.25) is 0 Å². The lowest BCUT2D eigenvalue weighted by atomic mass is 9.97. The summed E-state index contributed by atoms with van der Waals surface area (Å²) in [5.41, 5.74) is 4.29. The van der Waals surface area contributed by atoms with Crippen molar-refractivity contribution in [1.29, 1.82) is 0 Å². The standard InChI is InChI=1S/C24H17N3O4.ClH/c1-14-20-13-26(24(28)31-17-9-7-16(8-10-17)27(29)30)12-11-18(20)15(2)23-22(14)19-5-3-4-6-21(19)25-23;/h3-13H,1-2H3;1H. The van der Waals surface area contributed by atoms with E-state index >= 15 is 0 Å². The smallest absolute Gasteiger partial charge is 0.423 e. The molecule has 0 aliphatic heterocycles. The fourth-order valence-corrected chi connectivity index (χ4v) is 4.11. The summed E-state index contributed by atoms with van der Waals surface area (Å²) >= 11 is 0. The molecule has 160 valence electrons. The fourth-order valence-electron chi connectivity index (χ4n) is 4.11. The molecule has 1 N–H and O–H groups in total. The Morgan fingerprint density at radius 2 is 1.69 bits per heavy atom. The van der Waals surface area contributed by atoms with Crippen LogP contribution >= 0.6 is 0 Å². The van der Waals surface area contributed by atoms with Gasteiger partial charge in [-0.2, -0.15) is 0 Å². The van der Waals surface area contributed by atoms with E-state index in [1.807, 2.05) is 18.2 Å². The molecule has 5 aromatic rings. The molecule has 0 saturated carbocycles. The quantitative estimate of drug-likeness (QED) is 0.307. The molecular formula is C24H18ClN3O4. The predicted octanol–water partition coefficient (Wildman–Crippen LogP) is 2.34. The lowest BCUT2D eigenvalue weighted by Crippen LogP contribution is -3.00.